The van der Waals surface area contributed by atoms with Gasteiger partial charge in [0.15, 0.2) is 5.82 Å². The predicted octanol–water partition coefficient (Wildman–Crippen LogP) is 3.66. The van der Waals surface area contributed by atoms with Gasteiger partial charge in [0.1, 0.15) is 11.8 Å². The first-order chi connectivity index (χ1) is 14.1. The molecule has 1 amide bonds. The van der Waals surface area contributed by atoms with Crippen molar-refractivity contribution in [2.75, 3.05) is 6.54 Å². The van der Waals surface area contributed by atoms with E-state index in [2.05, 4.69) is 19.9 Å². The lowest BCUT2D eigenvalue weighted by Gasteiger charge is -2.39. The number of rotatable bonds is 4. The normalized spacial score (nSPS) is 19.0. The van der Waals surface area contributed by atoms with E-state index in [-0.39, 0.29) is 18.1 Å². The van der Waals surface area contributed by atoms with Gasteiger partial charge in [0.05, 0.1) is 16.6 Å². The number of pyridine rings is 2. The van der Waals surface area contributed by atoms with Gasteiger partial charge in [0.25, 0.3) is 5.91 Å². The summed E-state index contributed by atoms with van der Waals surface area (Å²) in [6, 6.07) is 8.66. The molecule has 8 heteroatoms. The topological polar surface area (TPSA) is 81.1 Å². The number of carbonyl (C=O) groups excluding carboxylic acids is 1. The molecular weight excluding hydrogens is 390 g/mol. The van der Waals surface area contributed by atoms with E-state index < -0.39 is 0 Å². The first-order valence-electron chi connectivity index (χ1n) is 9.45. The summed E-state index contributed by atoms with van der Waals surface area (Å²) in [5.74, 6) is 0.821. The van der Waals surface area contributed by atoms with Crippen molar-refractivity contribution in [3.8, 4) is 17.3 Å². The third-order valence-corrected chi connectivity index (χ3v) is 5.19. The molecule has 0 aromatic carbocycles. The highest BCUT2D eigenvalue weighted by molar-refractivity contribution is 6.30. The molecule has 0 N–H and O–H groups in total. The van der Waals surface area contributed by atoms with Gasteiger partial charge in [-0.15, -0.1) is 0 Å². The zero-order chi connectivity index (χ0) is 20.2. The van der Waals surface area contributed by atoms with Gasteiger partial charge >= 0.3 is 0 Å². The SMILES string of the molecule is CC1C(Oc2ccc(Cl)cn2)CCCN1C(=O)c1ncccc1-c1ncccn1. The lowest BCUT2D eigenvalue weighted by molar-refractivity contribution is 0.0262. The number of likely N-dealkylation sites (tertiary alicyclic amines) is 1. The number of halogens is 1. The fourth-order valence-electron chi connectivity index (χ4n) is 3.47. The van der Waals surface area contributed by atoms with Gasteiger partial charge in [-0.2, -0.15) is 0 Å². The number of hydrogen-bond acceptors (Lipinski definition) is 6. The van der Waals surface area contributed by atoms with Crippen LogP contribution < -0.4 is 4.74 Å². The van der Waals surface area contributed by atoms with Gasteiger partial charge < -0.3 is 9.64 Å². The average Bonchev–Trinajstić information content (AvgIpc) is 2.77. The Morgan fingerprint density at radius 2 is 1.90 bits per heavy atom. The van der Waals surface area contributed by atoms with Crippen LogP contribution >= 0.6 is 11.6 Å². The molecule has 0 saturated carbocycles. The van der Waals surface area contributed by atoms with Crippen molar-refractivity contribution >= 4 is 17.5 Å². The van der Waals surface area contributed by atoms with Crippen LogP contribution in [0, 0.1) is 0 Å². The highest BCUT2D eigenvalue weighted by Gasteiger charge is 2.34. The second-order valence-electron chi connectivity index (χ2n) is 6.82. The van der Waals surface area contributed by atoms with Crippen molar-refractivity contribution in [3.05, 3.63) is 65.8 Å². The molecule has 29 heavy (non-hydrogen) atoms. The molecule has 1 saturated heterocycles. The number of aromatic nitrogens is 4. The summed E-state index contributed by atoms with van der Waals surface area (Å²) in [5, 5.41) is 0.552. The van der Waals surface area contributed by atoms with E-state index in [0.717, 1.165) is 12.8 Å². The number of carbonyl (C=O) groups is 1. The monoisotopic (exact) mass is 409 g/mol. The first-order valence-corrected chi connectivity index (χ1v) is 9.83. The summed E-state index contributed by atoms with van der Waals surface area (Å²) in [4.78, 5) is 32.3. The Morgan fingerprint density at radius 3 is 2.66 bits per heavy atom. The number of piperidine rings is 1. The second-order valence-corrected chi connectivity index (χ2v) is 7.26. The molecule has 3 aromatic rings. The van der Waals surface area contributed by atoms with Gasteiger partial charge in [-0.25, -0.2) is 15.0 Å². The fraction of sp³-hybridized carbons (Fsp3) is 0.286. The summed E-state index contributed by atoms with van der Waals surface area (Å²) < 4.78 is 6.04. The first kappa shape index (κ1) is 19.3. The average molecular weight is 410 g/mol. The molecule has 3 aromatic heterocycles. The number of nitrogens with zero attached hydrogens (tertiary/aromatic N) is 5. The molecule has 1 aliphatic rings. The van der Waals surface area contributed by atoms with E-state index >= 15 is 0 Å². The summed E-state index contributed by atoms with van der Waals surface area (Å²) in [6.45, 7) is 2.62. The summed E-state index contributed by atoms with van der Waals surface area (Å²) in [5.41, 5.74) is 0.962. The Kier molecular flexibility index (Phi) is 5.67. The maximum atomic E-state index is 13.4. The van der Waals surface area contributed by atoms with Crippen molar-refractivity contribution in [2.24, 2.45) is 0 Å². The van der Waals surface area contributed by atoms with E-state index in [1.807, 2.05) is 13.0 Å². The summed E-state index contributed by atoms with van der Waals surface area (Å²) in [6.07, 6.45) is 7.96. The van der Waals surface area contributed by atoms with Crippen LogP contribution in [0.4, 0.5) is 0 Å². The van der Waals surface area contributed by atoms with E-state index in [1.54, 1.807) is 54.0 Å². The zero-order valence-corrected chi connectivity index (χ0v) is 16.7. The lowest BCUT2D eigenvalue weighted by Crippen LogP contribution is -2.51. The molecule has 0 radical (unpaired) electrons. The smallest absolute Gasteiger partial charge is 0.273 e. The second kappa shape index (κ2) is 8.53. The number of hydrogen-bond donors (Lipinski definition) is 0. The third kappa shape index (κ3) is 4.19. The zero-order valence-electron chi connectivity index (χ0n) is 15.9. The standard InChI is InChI=1S/C21H20ClN5O2/c1-14-17(29-18-8-7-15(22)13-26-18)6-3-12-27(14)21(28)19-16(5-2-9-23-19)20-24-10-4-11-25-20/h2,4-5,7-11,13-14,17H,3,6,12H2,1H3. The maximum Gasteiger partial charge on any atom is 0.273 e. The van der Waals surface area contributed by atoms with Gasteiger partial charge in [-0.3, -0.25) is 9.78 Å². The number of ether oxygens (including phenoxy) is 1. The Labute approximate surface area is 173 Å². The van der Waals surface area contributed by atoms with Crippen molar-refractivity contribution in [1.82, 2.24) is 24.8 Å². The minimum Gasteiger partial charge on any atom is -0.472 e. The molecule has 0 bridgehead atoms. The van der Waals surface area contributed by atoms with Gasteiger partial charge in [-0.05, 0) is 44.0 Å². The van der Waals surface area contributed by atoms with Crippen LogP contribution in [-0.4, -0.2) is 49.4 Å². The van der Waals surface area contributed by atoms with Crippen molar-refractivity contribution in [2.45, 2.75) is 31.9 Å². The molecular formula is C21H20ClN5O2. The Hall–Kier alpha value is -3.06. The third-order valence-electron chi connectivity index (χ3n) is 4.97. The molecule has 0 spiro atoms. The predicted molar refractivity (Wildman–Crippen MR) is 109 cm³/mol. The largest absolute Gasteiger partial charge is 0.472 e. The summed E-state index contributed by atoms with van der Waals surface area (Å²) >= 11 is 5.89. The highest BCUT2D eigenvalue weighted by Crippen LogP contribution is 2.26. The van der Waals surface area contributed by atoms with Gasteiger partial charge in [0.2, 0.25) is 5.88 Å². The van der Waals surface area contributed by atoms with Crippen LogP contribution in [0.3, 0.4) is 0 Å². The fourth-order valence-corrected chi connectivity index (χ4v) is 3.58. The summed E-state index contributed by atoms with van der Waals surface area (Å²) in [7, 11) is 0. The molecule has 2 atom stereocenters. The quantitative estimate of drug-likeness (QED) is 0.654. The Bertz CT molecular complexity index is 984. The van der Waals surface area contributed by atoms with Crippen LogP contribution in [-0.2, 0) is 0 Å². The highest BCUT2D eigenvalue weighted by atomic mass is 35.5. The van der Waals surface area contributed by atoms with E-state index in [4.69, 9.17) is 16.3 Å². The van der Waals surface area contributed by atoms with Crippen molar-refractivity contribution in [1.29, 1.82) is 0 Å². The molecule has 1 fully saturated rings. The maximum absolute atomic E-state index is 13.4. The molecule has 4 rings (SSSR count). The minimum atomic E-state index is -0.165. The van der Waals surface area contributed by atoms with Gasteiger partial charge in [0, 0.05) is 37.4 Å². The van der Waals surface area contributed by atoms with E-state index in [0.29, 0.717) is 34.5 Å². The van der Waals surface area contributed by atoms with Crippen LogP contribution in [0.1, 0.15) is 30.3 Å². The van der Waals surface area contributed by atoms with Crippen molar-refractivity contribution in [3.63, 3.8) is 0 Å². The Balaban J connectivity index is 1.57. The number of amides is 1. The van der Waals surface area contributed by atoms with Crippen LogP contribution in [0.15, 0.2) is 55.1 Å². The van der Waals surface area contributed by atoms with Crippen LogP contribution in [0.25, 0.3) is 11.4 Å². The van der Waals surface area contributed by atoms with Crippen molar-refractivity contribution < 1.29 is 9.53 Å². The molecule has 4 heterocycles. The molecule has 0 aliphatic carbocycles. The van der Waals surface area contributed by atoms with Crippen LogP contribution in [0.2, 0.25) is 5.02 Å². The van der Waals surface area contributed by atoms with E-state index in [1.165, 1.54) is 0 Å². The Morgan fingerprint density at radius 1 is 1.10 bits per heavy atom. The molecule has 7 nitrogen and oxygen atoms in total. The van der Waals surface area contributed by atoms with E-state index in [9.17, 15) is 4.79 Å². The lowest BCUT2D eigenvalue weighted by atomic mass is 9.99. The minimum absolute atomic E-state index is 0.139. The molecule has 1 aliphatic heterocycles. The molecule has 148 valence electrons. The molecule has 2 unspecified atom stereocenters. The van der Waals surface area contributed by atoms with Gasteiger partial charge in [-0.1, -0.05) is 11.6 Å². The van der Waals surface area contributed by atoms with Crippen LogP contribution in [0.5, 0.6) is 5.88 Å².